The summed E-state index contributed by atoms with van der Waals surface area (Å²) in [7, 11) is 0. The van der Waals surface area contributed by atoms with Gasteiger partial charge in [-0.25, -0.2) is 0 Å². The number of rotatable bonds is 1. The average molecular weight is 123 g/mol. The van der Waals surface area contributed by atoms with Crippen LogP contribution in [-0.2, 0) is 0 Å². The number of dihydropyridines is 1. The highest BCUT2D eigenvalue weighted by Crippen LogP contribution is 2.06. The van der Waals surface area contributed by atoms with Gasteiger partial charge in [-0.1, -0.05) is 12.7 Å². The van der Waals surface area contributed by atoms with Crippen LogP contribution >= 0.6 is 0 Å². The molecule has 2 N–H and O–H groups in total. The van der Waals surface area contributed by atoms with Gasteiger partial charge >= 0.3 is 0 Å². The normalized spacial score (nSPS) is 31.7. The van der Waals surface area contributed by atoms with Crippen LogP contribution in [0.2, 0.25) is 0 Å². The van der Waals surface area contributed by atoms with Gasteiger partial charge in [0, 0.05) is 0 Å². The Hall–Kier alpha value is -1.02. The number of hydrogen-bond donors (Lipinski definition) is 2. The Labute approximate surface area is 54.2 Å². The molecule has 0 saturated heterocycles. The molecule has 9 heavy (non-hydrogen) atoms. The SMILES string of the molecule is C=CC1(O)C=CC=CN1. The molecule has 1 rings (SSSR count). The third-order valence-electron chi connectivity index (χ3n) is 1.18. The molecule has 0 aromatic rings. The lowest BCUT2D eigenvalue weighted by atomic mass is 10.2. The molecule has 1 atom stereocenters. The van der Waals surface area contributed by atoms with E-state index in [2.05, 4.69) is 11.9 Å². The Balaban J connectivity index is 2.73. The first-order valence-electron chi connectivity index (χ1n) is 2.75. The third-order valence-corrected chi connectivity index (χ3v) is 1.18. The lowest BCUT2D eigenvalue weighted by Crippen LogP contribution is -2.38. The molecule has 0 aromatic heterocycles. The summed E-state index contributed by atoms with van der Waals surface area (Å²) in [5.74, 6) is 0. The zero-order valence-electron chi connectivity index (χ0n) is 5.04. The monoisotopic (exact) mass is 123 g/mol. The fraction of sp³-hybridized carbons (Fsp3) is 0.143. The van der Waals surface area contributed by atoms with Gasteiger partial charge in [0.25, 0.3) is 0 Å². The van der Waals surface area contributed by atoms with Gasteiger partial charge in [0.2, 0.25) is 0 Å². The third kappa shape index (κ3) is 1.21. The molecule has 1 unspecified atom stereocenters. The van der Waals surface area contributed by atoms with E-state index in [9.17, 15) is 5.11 Å². The fourth-order valence-corrected chi connectivity index (χ4v) is 0.614. The number of hydrogen-bond acceptors (Lipinski definition) is 2. The van der Waals surface area contributed by atoms with Crippen molar-refractivity contribution in [2.75, 3.05) is 0 Å². The molecule has 0 bridgehead atoms. The first-order valence-corrected chi connectivity index (χ1v) is 2.75. The molecular formula is C7H9NO. The number of nitrogens with one attached hydrogen (secondary N) is 1. The van der Waals surface area contributed by atoms with Gasteiger partial charge in [-0.2, -0.15) is 0 Å². The molecule has 0 spiro atoms. The molecule has 1 heterocycles. The summed E-state index contributed by atoms with van der Waals surface area (Å²) in [5, 5.41) is 12.0. The van der Waals surface area contributed by atoms with Gasteiger partial charge in [-0.05, 0) is 24.4 Å². The van der Waals surface area contributed by atoms with Crippen LogP contribution in [0, 0.1) is 0 Å². The number of allylic oxidation sites excluding steroid dienone is 2. The van der Waals surface area contributed by atoms with Crippen LogP contribution in [0.15, 0.2) is 37.1 Å². The van der Waals surface area contributed by atoms with Gasteiger partial charge < -0.3 is 10.4 Å². The summed E-state index contributed by atoms with van der Waals surface area (Å²) in [6, 6.07) is 0. The van der Waals surface area contributed by atoms with Crippen molar-refractivity contribution in [3.05, 3.63) is 37.1 Å². The zero-order valence-corrected chi connectivity index (χ0v) is 5.04. The van der Waals surface area contributed by atoms with Gasteiger partial charge in [0.1, 0.15) is 0 Å². The van der Waals surface area contributed by atoms with E-state index < -0.39 is 5.72 Å². The van der Waals surface area contributed by atoms with E-state index in [1.807, 2.05) is 0 Å². The average Bonchev–Trinajstić information content (AvgIpc) is 1.90. The predicted molar refractivity (Wildman–Crippen MR) is 36.6 cm³/mol. The molecule has 2 heteroatoms. The van der Waals surface area contributed by atoms with Crippen LogP contribution in [0.25, 0.3) is 0 Å². The second-order valence-corrected chi connectivity index (χ2v) is 1.89. The Morgan fingerprint density at radius 3 is 2.67 bits per heavy atom. The highest BCUT2D eigenvalue weighted by Gasteiger charge is 2.16. The van der Waals surface area contributed by atoms with Crippen molar-refractivity contribution in [3.63, 3.8) is 0 Å². The van der Waals surface area contributed by atoms with Crippen LogP contribution in [0.4, 0.5) is 0 Å². The van der Waals surface area contributed by atoms with E-state index in [1.165, 1.54) is 6.08 Å². The minimum atomic E-state index is -1.03. The molecule has 1 aliphatic rings. The topological polar surface area (TPSA) is 32.3 Å². The van der Waals surface area contributed by atoms with Crippen LogP contribution in [-0.4, -0.2) is 10.8 Å². The second kappa shape index (κ2) is 2.07. The first-order chi connectivity index (χ1) is 4.27. The van der Waals surface area contributed by atoms with Crippen LogP contribution in [0.1, 0.15) is 0 Å². The van der Waals surface area contributed by atoms with E-state index in [1.54, 1.807) is 24.4 Å². The molecule has 0 amide bonds. The van der Waals surface area contributed by atoms with Crippen molar-refractivity contribution in [2.45, 2.75) is 5.72 Å². The van der Waals surface area contributed by atoms with Crippen molar-refractivity contribution in [2.24, 2.45) is 0 Å². The molecule has 0 saturated carbocycles. The lowest BCUT2D eigenvalue weighted by Gasteiger charge is -2.22. The zero-order chi connectivity index (χ0) is 6.74. The van der Waals surface area contributed by atoms with E-state index in [0.717, 1.165) is 0 Å². The molecule has 1 aliphatic heterocycles. The smallest absolute Gasteiger partial charge is 0.174 e. The number of aliphatic hydroxyl groups is 1. The Morgan fingerprint density at radius 2 is 2.33 bits per heavy atom. The molecule has 48 valence electrons. The van der Waals surface area contributed by atoms with Crippen LogP contribution < -0.4 is 5.32 Å². The summed E-state index contributed by atoms with van der Waals surface area (Å²) in [6.07, 6.45) is 8.30. The fourth-order valence-electron chi connectivity index (χ4n) is 0.614. The minimum absolute atomic E-state index is 1.03. The molecule has 2 nitrogen and oxygen atoms in total. The lowest BCUT2D eigenvalue weighted by molar-refractivity contribution is 0.119. The van der Waals surface area contributed by atoms with Crippen molar-refractivity contribution in [3.8, 4) is 0 Å². The Kier molecular flexibility index (Phi) is 1.40. The highest BCUT2D eigenvalue weighted by molar-refractivity contribution is 5.20. The van der Waals surface area contributed by atoms with E-state index in [-0.39, 0.29) is 0 Å². The van der Waals surface area contributed by atoms with Crippen LogP contribution in [0.3, 0.4) is 0 Å². The maximum atomic E-state index is 9.31. The largest absolute Gasteiger partial charge is 0.364 e. The van der Waals surface area contributed by atoms with Gasteiger partial charge in [0.15, 0.2) is 5.72 Å². The van der Waals surface area contributed by atoms with Crippen LogP contribution in [0.5, 0.6) is 0 Å². The highest BCUT2D eigenvalue weighted by atomic mass is 16.3. The standard InChI is InChI=1S/C7H9NO/c1-2-7(9)5-3-4-6-8-7/h2-6,8-9H,1H2. The van der Waals surface area contributed by atoms with Crippen molar-refractivity contribution in [1.82, 2.24) is 5.32 Å². The Morgan fingerprint density at radius 1 is 1.56 bits per heavy atom. The minimum Gasteiger partial charge on any atom is -0.364 e. The molecule has 0 fully saturated rings. The van der Waals surface area contributed by atoms with Gasteiger partial charge in [0.05, 0.1) is 0 Å². The van der Waals surface area contributed by atoms with Crippen molar-refractivity contribution in [1.29, 1.82) is 0 Å². The predicted octanol–water partition coefficient (Wildman–Crippen LogP) is 0.534. The molecule has 0 aromatic carbocycles. The molecule has 0 aliphatic carbocycles. The van der Waals surface area contributed by atoms with E-state index in [0.29, 0.717) is 0 Å². The van der Waals surface area contributed by atoms with Gasteiger partial charge in [-0.3, -0.25) is 0 Å². The maximum absolute atomic E-state index is 9.31. The summed E-state index contributed by atoms with van der Waals surface area (Å²) in [5.41, 5.74) is -1.03. The van der Waals surface area contributed by atoms with Gasteiger partial charge in [-0.15, -0.1) is 0 Å². The summed E-state index contributed by atoms with van der Waals surface area (Å²) in [4.78, 5) is 0. The Bertz CT molecular complexity index is 172. The summed E-state index contributed by atoms with van der Waals surface area (Å²) >= 11 is 0. The summed E-state index contributed by atoms with van der Waals surface area (Å²) < 4.78 is 0. The van der Waals surface area contributed by atoms with E-state index in [4.69, 9.17) is 0 Å². The molecule has 0 radical (unpaired) electrons. The first kappa shape index (κ1) is 6.11. The van der Waals surface area contributed by atoms with Crippen molar-refractivity contribution >= 4 is 0 Å². The summed E-state index contributed by atoms with van der Waals surface area (Å²) in [6.45, 7) is 3.46. The molecular weight excluding hydrogens is 114 g/mol. The van der Waals surface area contributed by atoms with E-state index >= 15 is 0 Å². The maximum Gasteiger partial charge on any atom is 0.174 e. The van der Waals surface area contributed by atoms with Crippen molar-refractivity contribution < 1.29 is 5.11 Å². The quantitative estimate of drug-likeness (QED) is 0.498. The second-order valence-electron chi connectivity index (χ2n) is 1.89.